The van der Waals surface area contributed by atoms with Crippen LogP contribution >= 0.6 is 0 Å². The molecule has 0 saturated carbocycles. The average Bonchev–Trinajstić information content (AvgIpc) is 2.98. The van der Waals surface area contributed by atoms with Gasteiger partial charge in [0.2, 0.25) is 5.91 Å². The predicted octanol–water partition coefficient (Wildman–Crippen LogP) is 3.21. The highest BCUT2D eigenvalue weighted by Gasteiger charge is 2.16. The summed E-state index contributed by atoms with van der Waals surface area (Å²) in [6.07, 6.45) is 7.20. The van der Waals surface area contributed by atoms with Gasteiger partial charge in [0.05, 0.1) is 6.20 Å². The smallest absolute Gasteiger partial charge is 0.221 e. The van der Waals surface area contributed by atoms with Gasteiger partial charge in [-0.1, -0.05) is 12.1 Å². The van der Waals surface area contributed by atoms with Crippen LogP contribution in [-0.4, -0.2) is 22.3 Å². The van der Waals surface area contributed by atoms with Gasteiger partial charge < -0.3 is 10.1 Å². The van der Waals surface area contributed by atoms with E-state index in [0.29, 0.717) is 0 Å². The second-order valence-electron chi connectivity index (χ2n) is 5.29. The van der Waals surface area contributed by atoms with E-state index < -0.39 is 0 Å². The average molecular weight is 285 g/mol. The summed E-state index contributed by atoms with van der Waals surface area (Å²) >= 11 is 0. The molecule has 0 bridgehead atoms. The van der Waals surface area contributed by atoms with Gasteiger partial charge in [-0.25, -0.2) is 4.68 Å². The van der Waals surface area contributed by atoms with E-state index in [2.05, 4.69) is 10.4 Å². The minimum Gasteiger partial charge on any atom is -0.357 e. The molecule has 1 aromatic carbocycles. The Bertz CT molecular complexity index is 630. The fourth-order valence-corrected chi connectivity index (χ4v) is 2.56. The van der Waals surface area contributed by atoms with E-state index in [1.165, 1.54) is 13.3 Å². The molecule has 21 heavy (non-hydrogen) atoms. The van der Waals surface area contributed by atoms with Crippen LogP contribution in [0.4, 0.5) is 5.69 Å². The van der Waals surface area contributed by atoms with E-state index in [1.54, 1.807) is 0 Å². The maximum Gasteiger partial charge on any atom is 0.221 e. The molecule has 0 radical (unpaired) electrons. The molecule has 2 heterocycles. The molecule has 1 aromatic heterocycles. The van der Waals surface area contributed by atoms with Crippen molar-refractivity contribution in [1.29, 1.82) is 0 Å². The topological polar surface area (TPSA) is 56.2 Å². The number of amides is 1. The van der Waals surface area contributed by atoms with E-state index in [1.807, 2.05) is 41.3 Å². The van der Waals surface area contributed by atoms with E-state index >= 15 is 0 Å². The number of nitrogens with one attached hydrogen (secondary N) is 1. The van der Waals surface area contributed by atoms with Crippen molar-refractivity contribution in [2.45, 2.75) is 32.4 Å². The number of benzene rings is 1. The number of hydrogen-bond donors (Lipinski definition) is 1. The standard InChI is InChI=1S/C16H19N3O2/c1-12(20)18-15-6-4-5-13(9-15)14-10-17-19(11-14)16-7-2-3-8-21-16/h4-6,9-11,16H,2-3,7-8H2,1H3,(H,18,20). The van der Waals surface area contributed by atoms with Crippen molar-refractivity contribution in [3.05, 3.63) is 36.7 Å². The normalized spacial score (nSPS) is 18.4. The molecule has 0 aliphatic carbocycles. The maximum absolute atomic E-state index is 11.1. The van der Waals surface area contributed by atoms with Crippen LogP contribution in [0.3, 0.4) is 0 Å². The van der Waals surface area contributed by atoms with Gasteiger partial charge in [-0.05, 0) is 37.0 Å². The molecule has 5 nitrogen and oxygen atoms in total. The van der Waals surface area contributed by atoms with Crippen molar-refractivity contribution in [3.63, 3.8) is 0 Å². The third-order valence-electron chi connectivity index (χ3n) is 3.57. The van der Waals surface area contributed by atoms with Crippen molar-refractivity contribution in [1.82, 2.24) is 9.78 Å². The Balaban J connectivity index is 1.80. The quantitative estimate of drug-likeness (QED) is 0.942. The van der Waals surface area contributed by atoms with Crippen LogP contribution in [0.15, 0.2) is 36.7 Å². The second kappa shape index (κ2) is 6.10. The molecule has 2 aromatic rings. The summed E-state index contributed by atoms with van der Waals surface area (Å²) in [6, 6.07) is 7.76. The molecular formula is C16H19N3O2. The molecule has 1 unspecified atom stereocenters. The van der Waals surface area contributed by atoms with Crippen LogP contribution in [0, 0.1) is 0 Å². The number of aromatic nitrogens is 2. The molecular weight excluding hydrogens is 266 g/mol. The Morgan fingerprint density at radius 2 is 2.29 bits per heavy atom. The van der Waals surface area contributed by atoms with Crippen LogP contribution < -0.4 is 5.32 Å². The Kier molecular flexibility index (Phi) is 4.01. The van der Waals surface area contributed by atoms with Gasteiger partial charge in [0.25, 0.3) is 0 Å². The maximum atomic E-state index is 11.1. The molecule has 5 heteroatoms. The van der Waals surface area contributed by atoms with Gasteiger partial charge in [0, 0.05) is 31.0 Å². The van der Waals surface area contributed by atoms with E-state index in [0.717, 1.165) is 36.3 Å². The number of hydrogen-bond acceptors (Lipinski definition) is 3. The summed E-state index contributed by atoms with van der Waals surface area (Å²) in [7, 11) is 0. The summed E-state index contributed by atoms with van der Waals surface area (Å²) in [5, 5.41) is 7.21. The van der Waals surface area contributed by atoms with Crippen LogP contribution in [0.5, 0.6) is 0 Å². The van der Waals surface area contributed by atoms with Gasteiger partial charge >= 0.3 is 0 Å². The summed E-state index contributed by atoms with van der Waals surface area (Å²) < 4.78 is 7.62. The van der Waals surface area contributed by atoms with Crippen molar-refractivity contribution in [3.8, 4) is 11.1 Å². The first kappa shape index (κ1) is 13.8. The highest BCUT2D eigenvalue weighted by atomic mass is 16.5. The molecule has 1 N–H and O–H groups in total. The molecule has 3 rings (SSSR count). The van der Waals surface area contributed by atoms with Crippen molar-refractivity contribution >= 4 is 11.6 Å². The molecule has 0 spiro atoms. The summed E-state index contributed by atoms with van der Waals surface area (Å²) in [6.45, 7) is 2.31. The van der Waals surface area contributed by atoms with Crippen LogP contribution in [0.25, 0.3) is 11.1 Å². The minimum absolute atomic E-state index is 0.0472. The Labute approximate surface area is 123 Å². The number of ether oxygens (including phenoxy) is 1. The zero-order valence-electron chi connectivity index (χ0n) is 12.1. The van der Waals surface area contributed by atoms with Gasteiger partial charge in [-0.2, -0.15) is 5.10 Å². The molecule has 1 saturated heterocycles. The number of carbonyl (C=O) groups is 1. The van der Waals surface area contributed by atoms with Gasteiger partial charge in [0.1, 0.15) is 6.23 Å². The first-order valence-corrected chi connectivity index (χ1v) is 7.26. The van der Waals surface area contributed by atoms with E-state index in [9.17, 15) is 4.79 Å². The lowest BCUT2D eigenvalue weighted by atomic mass is 10.1. The van der Waals surface area contributed by atoms with Crippen molar-refractivity contribution < 1.29 is 9.53 Å². The Morgan fingerprint density at radius 1 is 1.38 bits per heavy atom. The molecule has 1 aliphatic heterocycles. The number of nitrogens with zero attached hydrogens (tertiary/aromatic N) is 2. The van der Waals surface area contributed by atoms with E-state index in [-0.39, 0.29) is 12.1 Å². The van der Waals surface area contributed by atoms with Gasteiger partial charge in [-0.3, -0.25) is 4.79 Å². The first-order chi connectivity index (χ1) is 10.2. The largest absolute Gasteiger partial charge is 0.357 e. The fraction of sp³-hybridized carbons (Fsp3) is 0.375. The summed E-state index contributed by atoms with van der Waals surface area (Å²) in [4.78, 5) is 11.1. The first-order valence-electron chi connectivity index (χ1n) is 7.26. The van der Waals surface area contributed by atoms with Crippen molar-refractivity contribution in [2.75, 3.05) is 11.9 Å². The highest BCUT2D eigenvalue weighted by molar-refractivity contribution is 5.89. The third kappa shape index (κ3) is 3.31. The Morgan fingerprint density at radius 3 is 3.05 bits per heavy atom. The van der Waals surface area contributed by atoms with E-state index in [4.69, 9.17) is 4.74 Å². The van der Waals surface area contributed by atoms with Gasteiger partial charge in [-0.15, -0.1) is 0 Å². The molecule has 110 valence electrons. The molecule has 1 atom stereocenters. The summed E-state index contributed by atoms with van der Waals surface area (Å²) in [5.74, 6) is -0.0709. The monoisotopic (exact) mass is 285 g/mol. The SMILES string of the molecule is CC(=O)Nc1cccc(-c2cnn(C3CCCCO3)c2)c1. The second-order valence-corrected chi connectivity index (χ2v) is 5.29. The number of anilines is 1. The lowest BCUT2D eigenvalue weighted by molar-refractivity contribution is -0.114. The van der Waals surface area contributed by atoms with Crippen LogP contribution in [0.1, 0.15) is 32.4 Å². The zero-order chi connectivity index (χ0) is 14.7. The highest BCUT2D eigenvalue weighted by Crippen LogP contribution is 2.26. The lowest BCUT2D eigenvalue weighted by Crippen LogP contribution is -2.18. The zero-order valence-corrected chi connectivity index (χ0v) is 12.1. The van der Waals surface area contributed by atoms with Crippen molar-refractivity contribution in [2.24, 2.45) is 0 Å². The van der Waals surface area contributed by atoms with Crippen LogP contribution in [-0.2, 0) is 9.53 Å². The predicted molar refractivity (Wildman–Crippen MR) is 80.8 cm³/mol. The molecule has 1 aliphatic rings. The van der Waals surface area contributed by atoms with Gasteiger partial charge in [0.15, 0.2) is 0 Å². The lowest BCUT2D eigenvalue weighted by Gasteiger charge is -2.22. The molecule has 1 fully saturated rings. The third-order valence-corrected chi connectivity index (χ3v) is 3.57. The number of carbonyl (C=O) groups excluding carboxylic acids is 1. The summed E-state index contributed by atoms with van der Waals surface area (Å²) in [5.41, 5.74) is 2.85. The minimum atomic E-state index is -0.0709. The fourth-order valence-electron chi connectivity index (χ4n) is 2.56. The van der Waals surface area contributed by atoms with Crippen LogP contribution in [0.2, 0.25) is 0 Å². The molecule has 1 amide bonds. The number of rotatable bonds is 3. The Hall–Kier alpha value is -2.14.